The van der Waals surface area contributed by atoms with Crippen LogP contribution in [0, 0.1) is 0 Å². The minimum Gasteiger partial charge on any atom is -0.508 e. The van der Waals surface area contributed by atoms with Gasteiger partial charge in [-0.2, -0.15) is 0 Å². The summed E-state index contributed by atoms with van der Waals surface area (Å²) < 4.78 is 5.49. The molecule has 3 N–H and O–H groups in total. The molecule has 4 nitrogen and oxygen atoms in total. The predicted octanol–water partition coefficient (Wildman–Crippen LogP) is 1.21. The van der Waals surface area contributed by atoms with Crippen molar-refractivity contribution in [1.29, 1.82) is 0 Å². The highest BCUT2D eigenvalue weighted by Gasteiger charge is 2.20. The van der Waals surface area contributed by atoms with Crippen LogP contribution >= 0.6 is 11.6 Å². The molecule has 0 aliphatic carbocycles. The normalized spacial score (nSPS) is 21.6. The highest BCUT2D eigenvalue weighted by Crippen LogP contribution is 2.27. The highest BCUT2D eigenvalue weighted by molar-refractivity contribution is 6.31. The maximum atomic E-state index is 9.78. The zero-order valence-corrected chi connectivity index (χ0v) is 10.4. The fourth-order valence-corrected chi connectivity index (χ4v) is 2.22. The van der Waals surface area contributed by atoms with Gasteiger partial charge in [-0.3, -0.25) is 4.90 Å². The van der Waals surface area contributed by atoms with Crippen molar-refractivity contribution < 1.29 is 9.84 Å². The van der Waals surface area contributed by atoms with E-state index in [0.29, 0.717) is 24.7 Å². The Hall–Kier alpha value is -0.810. The number of phenols is 1. The van der Waals surface area contributed by atoms with Crippen LogP contribution in [0.2, 0.25) is 5.02 Å². The molecule has 1 aromatic rings. The summed E-state index contributed by atoms with van der Waals surface area (Å²) in [4.78, 5) is 2.20. The van der Waals surface area contributed by atoms with Crippen LogP contribution in [0.4, 0.5) is 0 Å². The maximum absolute atomic E-state index is 9.78. The van der Waals surface area contributed by atoms with Gasteiger partial charge in [0.2, 0.25) is 0 Å². The zero-order chi connectivity index (χ0) is 12.3. The number of nitrogens with two attached hydrogens (primary N) is 1. The number of phenolic OH excluding ortho intramolecular Hbond substituents is 1. The number of hydrogen-bond acceptors (Lipinski definition) is 4. The molecule has 0 spiro atoms. The van der Waals surface area contributed by atoms with Crippen LogP contribution in [0.5, 0.6) is 5.75 Å². The lowest BCUT2D eigenvalue weighted by Crippen LogP contribution is -2.45. The smallest absolute Gasteiger partial charge is 0.121 e. The molecule has 5 heteroatoms. The van der Waals surface area contributed by atoms with E-state index in [9.17, 15) is 5.11 Å². The molecule has 0 saturated carbocycles. The summed E-state index contributed by atoms with van der Waals surface area (Å²) in [6.07, 6.45) is 0.0772. The van der Waals surface area contributed by atoms with Crippen molar-refractivity contribution in [2.75, 3.05) is 26.2 Å². The van der Waals surface area contributed by atoms with Gasteiger partial charge in [0, 0.05) is 36.8 Å². The van der Waals surface area contributed by atoms with Crippen LogP contribution in [0.25, 0.3) is 0 Å². The standard InChI is InChI=1S/C12H17ClN2O2/c13-11-2-1-3-12(16)10(11)8-15-4-5-17-9(6-14)7-15/h1-3,9,16H,4-8,14H2. The Bertz CT molecular complexity index is 367. The lowest BCUT2D eigenvalue weighted by atomic mass is 10.1. The van der Waals surface area contributed by atoms with Crippen molar-refractivity contribution in [2.24, 2.45) is 5.73 Å². The van der Waals surface area contributed by atoms with E-state index < -0.39 is 0 Å². The predicted molar refractivity (Wildman–Crippen MR) is 67.2 cm³/mol. The highest BCUT2D eigenvalue weighted by atomic mass is 35.5. The Balaban J connectivity index is 2.05. The van der Waals surface area contributed by atoms with Crippen molar-refractivity contribution in [3.63, 3.8) is 0 Å². The fraction of sp³-hybridized carbons (Fsp3) is 0.500. The molecule has 0 aromatic heterocycles. The first kappa shape index (κ1) is 12.6. The number of halogens is 1. The van der Waals surface area contributed by atoms with E-state index >= 15 is 0 Å². The van der Waals surface area contributed by atoms with E-state index in [4.69, 9.17) is 22.1 Å². The fourth-order valence-electron chi connectivity index (χ4n) is 1.99. The number of morpholine rings is 1. The number of nitrogens with zero attached hydrogens (tertiary/aromatic N) is 1. The number of benzene rings is 1. The summed E-state index contributed by atoms with van der Waals surface area (Å²) in [6, 6.07) is 5.18. The monoisotopic (exact) mass is 256 g/mol. The van der Waals surface area contributed by atoms with E-state index in [1.807, 2.05) is 0 Å². The molecule has 1 unspecified atom stereocenters. The Labute approximate surface area is 106 Å². The third-order valence-corrected chi connectivity index (χ3v) is 3.32. The van der Waals surface area contributed by atoms with Crippen molar-refractivity contribution in [1.82, 2.24) is 4.90 Å². The Morgan fingerprint density at radius 3 is 3.06 bits per heavy atom. The van der Waals surface area contributed by atoms with E-state index in [-0.39, 0.29) is 11.9 Å². The van der Waals surface area contributed by atoms with Gasteiger partial charge in [0.25, 0.3) is 0 Å². The van der Waals surface area contributed by atoms with E-state index in [1.54, 1.807) is 18.2 Å². The minimum absolute atomic E-state index is 0.0772. The number of ether oxygens (including phenoxy) is 1. The van der Waals surface area contributed by atoms with Crippen LogP contribution in [0.15, 0.2) is 18.2 Å². The average molecular weight is 257 g/mol. The molecule has 1 heterocycles. The van der Waals surface area contributed by atoms with Crippen molar-refractivity contribution in [2.45, 2.75) is 12.6 Å². The molecule has 0 radical (unpaired) electrons. The second-order valence-corrected chi connectivity index (χ2v) is 4.61. The minimum atomic E-state index is 0.0772. The second kappa shape index (κ2) is 5.69. The lowest BCUT2D eigenvalue weighted by Gasteiger charge is -2.32. The first-order chi connectivity index (χ1) is 8.20. The number of aromatic hydroxyl groups is 1. The van der Waals surface area contributed by atoms with Gasteiger partial charge in [-0.25, -0.2) is 0 Å². The first-order valence-electron chi connectivity index (χ1n) is 5.71. The van der Waals surface area contributed by atoms with Gasteiger partial charge in [-0.05, 0) is 12.1 Å². The Morgan fingerprint density at radius 2 is 2.35 bits per heavy atom. The molecule has 1 aromatic carbocycles. The third-order valence-electron chi connectivity index (χ3n) is 2.96. The number of hydrogen-bond donors (Lipinski definition) is 2. The molecule has 1 atom stereocenters. The molecule has 17 heavy (non-hydrogen) atoms. The molecule has 94 valence electrons. The molecular weight excluding hydrogens is 240 g/mol. The van der Waals surface area contributed by atoms with Gasteiger partial charge >= 0.3 is 0 Å². The lowest BCUT2D eigenvalue weighted by molar-refractivity contribution is -0.0262. The summed E-state index contributed by atoms with van der Waals surface area (Å²) in [5, 5.41) is 10.4. The third kappa shape index (κ3) is 3.10. The van der Waals surface area contributed by atoms with Crippen LogP contribution in [-0.2, 0) is 11.3 Å². The van der Waals surface area contributed by atoms with Crippen LogP contribution in [0.3, 0.4) is 0 Å². The largest absolute Gasteiger partial charge is 0.508 e. The van der Waals surface area contributed by atoms with Gasteiger partial charge in [0.05, 0.1) is 12.7 Å². The van der Waals surface area contributed by atoms with Crippen LogP contribution in [0.1, 0.15) is 5.56 Å². The Morgan fingerprint density at radius 1 is 1.53 bits per heavy atom. The summed E-state index contributed by atoms with van der Waals surface area (Å²) in [5.74, 6) is 0.244. The van der Waals surface area contributed by atoms with Gasteiger partial charge in [-0.1, -0.05) is 17.7 Å². The molecule has 0 amide bonds. The molecular formula is C12H17ClN2O2. The van der Waals surface area contributed by atoms with Gasteiger partial charge in [0.15, 0.2) is 0 Å². The van der Waals surface area contributed by atoms with Gasteiger partial charge in [-0.15, -0.1) is 0 Å². The SMILES string of the molecule is NCC1CN(Cc2c(O)cccc2Cl)CCO1. The Kier molecular flexibility index (Phi) is 4.23. The maximum Gasteiger partial charge on any atom is 0.121 e. The first-order valence-corrected chi connectivity index (χ1v) is 6.09. The topological polar surface area (TPSA) is 58.7 Å². The van der Waals surface area contributed by atoms with Crippen molar-refractivity contribution in [3.05, 3.63) is 28.8 Å². The number of rotatable bonds is 3. The van der Waals surface area contributed by atoms with Crippen LogP contribution in [-0.4, -0.2) is 42.4 Å². The van der Waals surface area contributed by atoms with E-state index in [0.717, 1.165) is 18.7 Å². The summed E-state index contributed by atoms with van der Waals surface area (Å²) in [5.41, 5.74) is 6.36. The summed E-state index contributed by atoms with van der Waals surface area (Å²) >= 11 is 6.08. The molecule has 1 saturated heterocycles. The quantitative estimate of drug-likeness (QED) is 0.854. The summed E-state index contributed by atoms with van der Waals surface area (Å²) in [7, 11) is 0. The molecule has 0 bridgehead atoms. The van der Waals surface area contributed by atoms with Gasteiger partial charge < -0.3 is 15.6 Å². The van der Waals surface area contributed by atoms with Crippen molar-refractivity contribution in [3.8, 4) is 5.75 Å². The second-order valence-electron chi connectivity index (χ2n) is 4.20. The van der Waals surface area contributed by atoms with Crippen LogP contribution < -0.4 is 5.73 Å². The van der Waals surface area contributed by atoms with Gasteiger partial charge in [0.1, 0.15) is 5.75 Å². The zero-order valence-electron chi connectivity index (χ0n) is 9.60. The van der Waals surface area contributed by atoms with Crippen molar-refractivity contribution >= 4 is 11.6 Å². The molecule has 1 fully saturated rings. The van der Waals surface area contributed by atoms with E-state index in [2.05, 4.69) is 4.90 Å². The molecule has 2 rings (SSSR count). The molecule has 1 aliphatic rings. The van der Waals surface area contributed by atoms with E-state index in [1.165, 1.54) is 0 Å². The average Bonchev–Trinajstić information content (AvgIpc) is 2.34. The summed E-state index contributed by atoms with van der Waals surface area (Å²) in [6.45, 7) is 3.44. The molecule has 1 aliphatic heterocycles.